The number of aromatic amines is 1. The smallest absolute Gasteiger partial charge is 0.368 e. The van der Waals surface area contributed by atoms with E-state index in [0.29, 0.717) is 66.4 Å². The number of H-pyrrole nitrogens is 1. The molecule has 1 N–H and O–H groups in total. The monoisotopic (exact) mass is 587 g/mol. The summed E-state index contributed by atoms with van der Waals surface area (Å²) in [5, 5.41) is 0.305. The molecule has 5 heterocycles. The van der Waals surface area contributed by atoms with Gasteiger partial charge in [0, 0.05) is 74.1 Å². The normalized spacial score (nSPS) is 17.0. The van der Waals surface area contributed by atoms with Gasteiger partial charge in [-0.1, -0.05) is 0 Å². The summed E-state index contributed by atoms with van der Waals surface area (Å²) < 4.78 is 82.4. The van der Waals surface area contributed by atoms with Crippen LogP contribution >= 0.6 is 0 Å². The molecule has 0 bridgehead atoms. The van der Waals surface area contributed by atoms with Crippen LogP contribution in [0.25, 0.3) is 27.9 Å². The van der Waals surface area contributed by atoms with Gasteiger partial charge in [-0.2, -0.15) is 26.3 Å². The first kappa shape index (κ1) is 27.9. The molecule has 0 unspecified atom stereocenters. The summed E-state index contributed by atoms with van der Waals surface area (Å²) >= 11 is 0. The summed E-state index contributed by atoms with van der Waals surface area (Å²) in [5.41, 5.74) is 1.40. The largest absolute Gasteiger partial charge is 0.431 e. The fourth-order valence-electron chi connectivity index (χ4n) is 5.36. The second-order valence-corrected chi connectivity index (χ2v) is 10.6. The lowest BCUT2D eigenvalue weighted by atomic mass is 10.1. The van der Waals surface area contributed by atoms with Crippen molar-refractivity contribution in [3.05, 3.63) is 78.0 Å². The maximum Gasteiger partial charge on any atom is 0.431 e. The second kappa shape index (κ2) is 10.2. The van der Waals surface area contributed by atoms with E-state index in [1.165, 1.54) is 18.3 Å². The maximum atomic E-state index is 14.3. The highest BCUT2D eigenvalue weighted by Crippen LogP contribution is 2.41. The first-order valence-electron chi connectivity index (χ1n) is 13.2. The summed E-state index contributed by atoms with van der Waals surface area (Å²) in [6.45, 7) is 2.69. The van der Waals surface area contributed by atoms with Gasteiger partial charge in [0.15, 0.2) is 0 Å². The average molecular weight is 588 g/mol. The number of nitrogens with one attached hydrogen (secondary N) is 1. The molecule has 0 aliphatic carbocycles. The number of piperazine rings is 1. The van der Waals surface area contributed by atoms with Crippen LogP contribution in [0.3, 0.4) is 0 Å². The number of aromatic nitrogens is 3. The topological polar surface area (TPSA) is 54.5 Å². The Balaban J connectivity index is 1.33. The molecule has 2 aliphatic rings. The highest BCUT2D eigenvalue weighted by atomic mass is 19.4. The maximum absolute atomic E-state index is 14.3. The van der Waals surface area contributed by atoms with Crippen LogP contribution in [0.5, 0.6) is 0 Å². The molecule has 13 heteroatoms. The summed E-state index contributed by atoms with van der Waals surface area (Å²) in [5.74, 6) is 0. The third-order valence-corrected chi connectivity index (χ3v) is 7.57. The minimum Gasteiger partial charge on any atom is -0.368 e. The van der Waals surface area contributed by atoms with Gasteiger partial charge in [-0.25, -0.2) is 4.98 Å². The number of rotatable bonds is 4. The molecule has 2 aliphatic heterocycles. The van der Waals surface area contributed by atoms with E-state index in [4.69, 9.17) is 0 Å². The Hall–Kier alpha value is -4.26. The van der Waals surface area contributed by atoms with Crippen molar-refractivity contribution >= 4 is 28.1 Å². The molecule has 220 valence electrons. The minimum absolute atomic E-state index is 0.118. The SMILES string of the molecule is CN1C=C(c2cc(-c3cnc4[nH]c(C(F)(F)F)cc4c3)ccn2)N(c2ccc(N3CCN(C)CC3)c(C(F)(F)F)c2)C1. The van der Waals surface area contributed by atoms with Crippen LogP contribution in [0.4, 0.5) is 37.7 Å². The molecule has 1 fully saturated rings. The zero-order valence-electron chi connectivity index (χ0n) is 22.8. The standard InChI is InChI=1S/C29H27F6N7/c1-39-7-9-41(10-8-39)24-4-3-21(14-22(24)28(30,31)32)42-17-40(2)16-25(42)23-12-18(5-6-36-23)20-11-19-13-26(29(33,34)35)38-27(19)37-15-20/h3-6,11-16H,7-10,17H2,1-2H3,(H,37,38). The van der Waals surface area contributed by atoms with Gasteiger partial charge in [-0.05, 0) is 55.1 Å². The molecule has 0 saturated carbocycles. The summed E-state index contributed by atoms with van der Waals surface area (Å²) in [6.07, 6.45) is -4.24. The molecular formula is C29H27F6N7. The van der Waals surface area contributed by atoms with Crippen molar-refractivity contribution in [1.82, 2.24) is 24.8 Å². The minimum atomic E-state index is -4.54. The molecule has 0 atom stereocenters. The van der Waals surface area contributed by atoms with E-state index in [9.17, 15) is 26.3 Å². The Morgan fingerprint density at radius 1 is 0.810 bits per heavy atom. The molecule has 0 spiro atoms. The first-order chi connectivity index (χ1) is 19.9. The number of hydrogen-bond donors (Lipinski definition) is 1. The van der Waals surface area contributed by atoms with E-state index in [1.54, 1.807) is 46.5 Å². The zero-order chi connectivity index (χ0) is 29.8. The van der Waals surface area contributed by atoms with Crippen molar-refractivity contribution in [2.75, 3.05) is 56.7 Å². The van der Waals surface area contributed by atoms with Crippen molar-refractivity contribution in [2.24, 2.45) is 0 Å². The van der Waals surface area contributed by atoms with E-state index in [0.717, 1.165) is 6.07 Å². The van der Waals surface area contributed by atoms with Crippen molar-refractivity contribution in [2.45, 2.75) is 12.4 Å². The Morgan fingerprint density at radius 3 is 2.29 bits per heavy atom. The van der Waals surface area contributed by atoms with Gasteiger partial charge < -0.3 is 24.6 Å². The van der Waals surface area contributed by atoms with E-state index in [1.807, 2.05) is 19.0 Å². The number of likely N-dealkylation sites (N-methyl/N-ethyl adjacent to an activating group) is 1. The predicted molar refractivity (Wildman–Crippen MR) is 149 cm³/mol. The lowest BCUT2D eigenvalue weighted by molar-refractivity contribution is -0.140. The van der Waals surface area contributed by atoms with Crippen LogP contribution < -0.4 is 9.80 Å². The molecule has 1 saturated heterocycles. The van der Waals surface area contributed by atoms with Gasteiger partial charge in [0.25, 0.3) is 0 Å². The molecule has 42 heavy (non-hydrogen) atoms. The number of halogens is 6. The number of nitrogens with zero attached hydrogens (tertiary/aromatic N) is 6. The fourth-order valence-corrected chi connectivity index (χ4v) is 5.36. The third-order valence-electron chi connectivity index (χ3n) is 7.57. The lowest BCUT2D eigenvalue weighted by Gasteiger charge is -2.36. The Bertz CT molecular complexity index is 1650. The molecule has 0 amide bonds. The zero-order valence-corrected chi connectivity index (χ0v) is 22.8. The van der Waals surface area contributed by atoms with Crippen molar-refractivity contribution in [3.63, 3.8) is 0 Å². The van der Waals surface area contributed by atoms with Gasteiger partial charge in [0.05, 0.1) is 23.6 Å². The fraction of sp³-hybridized carbons (Fsp3) is 0.310. The van der Waals surface area contributed by atoms with Crippen LogP contribution in [-0.4, -0.2) is 71.7 Å². The predicted octanol–water partition coefficient (Wildman–Crippen LogP) is 6.12. The highest BCUT2D eigenvalue weighted by molar-refractivity contribution is 5.85. The molecule has 1 aromatic carbocycles. The van der Waals surface area contributed by atoms with E-state index >= 15 is 0 Å². The number of fused-ring (bicyclic) bond motifs is 1. The van der Waals surface area contributed by atoms with Crippen LogP contribution in [0.2, 0.25) is 0 Å². The van der Waals surface area contributed by atoms with Crippen molar-refractivity contribution in [3.8, 4) is 11.1 Å². The number of alkyl halides is 6. The van der Waals surface area contributed by atoms with Crippen LogP contribution in [-0.2, 0) is 12.4 Å². The molecule has 7 nitrogen and oxygen atoms in total. The molecule has 4 aromatic rings. The van der Waals surface area contributed by atoms with E-state index < -0.39 is 23.6 Å². The Kier molecular flexibility index (Phi) is 6.79. The number of anilines is 2. The van der Waals surface area contributed by atoms with Gasteiger partial charge >= 0.3 is 12.4 Å². The van der Waals surface area contributed by atoms with Crippen molar-refractivity contribution < 1.29 is 26.3 Å². The van der Waals surface area contributed by atoms with Gasteiger partial charge in [-0.15, -0.1) is 0 Å². The van der Waals surface area contributed by atoms with Crippen LogP contribution in [0.15, 0.2) is 61.1 Å². The van der Waals surface area contributed by atoms with Crippen LogP contribution in [0.1, 0.15) is 17.0 Å². The van der Waals surface area contributed by atoms with Crippen LogP contribution in [0, 0.1) is 0 Å². The van der Waals surface area contributed by atoms with Gasteiger partial charge in [0.1, 0.15) is 11.3 Å². The molecular weight excluding hydrogens is 560 g/mol. The second-order valence-electron chi connectivity index (χ2n) is 10.6. The lowest BCUT2D eigenvalue weighted by Crippen LogP contribution is -2.45. The number of pyridine rings is 2. The summed E-state index contributed by atoms with van der Waals surface area (Å²) in [4.78, 5) is 18.4. The van der Waals surface area contributed by atoms with Gasteiger partial charge in [-0.3, -0.25) is 4.98 Å². The molecule has 6 rings (SSSR count). The first-order valence-corrected chi connectivity index (χ1v) is 13.2. The van der Waals surface area contributed by atoms with E-state index in [-0.39, 0.29) is 11.3 Å². The Morgan fingerprint density at radius 2 is 1.57 bits per heavy atom. The summed E-state index contributed by atoms with van der Waals surface area (Å²) in [6, 6.07) is 10.5. The quantitative estimate of drug-likeness (QED) is 0.291. The van der Waals surface area contributed by atoms with E-state index in [2.05, 4.69) is 19.9 Å². The third kappa shape index (κ3) is 5.36. The Labute approximate surface area is 237 Å². The average Bonchev–Trinajstić information content (AvgIpc) is 3.56. The van der Waals surface area contributed by atoms with Gasteiger partial charge in [0.2, 0.25) is 0 Å². The highest BCUT2D eigenvalue weighted by Gasteiger charge is 2.37. The summed E-state index contributed by atoms with van der Waals surface area (Å²) in [7, 11) is 3.76. The number of benzene rings is 1. The molecule has 3 aromatic heterocycles. The molecule has 0 radical (unpaired) electrons. The number of hydrogen-bond acceptors (Lipinski definition) is 6. The van der Waals surface area contributed by atoms with Crippen molar-refractivity contribution in [1.29, 1.82) is 0 Å².